The second-order valence-electron chi connectivity index (χ2n) is 5.60. The maximum absolute atomic E-state index is 12.0. The predicted molar refractivity (Wildman–Crippen MR) is 88.3 cm³/mol. The summed E-state index contributed by atoms with van der Waals surface area (Å²) in [5.41, 5.74) is 4.01. The van der Waals surface area contributed by atoms with Crippen LogP contribution in [0.5, 0.6) is 0 Å². The first-order valence-corrected chi connectivity index (χ1v) is 8.73. The molecule has 0 radical (unpaired) electrons. The number of benzene rings is 1. The molecule has 3 N–H and O–H groups in total. The first-order chi connectivity index (χ1) is 10.7. The molecule has 7 heteroatoms. The lowest BCUT2D eigenvalue weighted by Gasteiger charge is -2.07. The number of nitrogens with two attached hydrogens (primary N) is 1. The first-order valence-electron chi connectivity index (χ1n) is 7.18. The maximum Gasteiger partial charge on any atom is 0.238 e. The molecule has 23 heavy (non-hydrogen) atoms. The predicted octanol–water partition coefficient (Wildman–Crippen LogP) is 1.15. The van der Waals surface area contributed by atoms with Gasteiger partial charge in [0.25, 0.3) is 0 Å². The average molecular weight is 335 g/mol. The minimum atomic E-state index is -3.69. The van der Waals surface area contributed by atoms with Gasteiger partial charge in [-0.1, -0.05) is 12.1 Å². The molecule has 0 bridgehead atoms. The standard InChI is InChI=1S/C16H21N3O3S/c1-11-8-14(12(2)19(11)3)9-16(20)18-10-13-4-6-15(7-5-13)23(17,21)22/h4-8H,9-10H2,1-3H3,(H,18,20)(H2,17,21,22). The van der Waals surface area contributed by atoms with Crippen molar-refractivity contribution in [2.24, 2.45) is 12.2 Å². The lowest BCUT2D eigenvalue weighted by atomic mass is 10.1. The van der Waals surface area contributed by atoms with Crippen molar-refractivity contribution < 1.29 is 13.2 Å². The molecule has 0 fully saturated rings. The van der Waals surface area contributed by atoms with Crippen LogP contribution < -0.4 is 10.5 Å². The Morgan fingerprint density at radius 1 is 1.22 bits per heavy atom. The molecule has 0 saturated heterocycles. The summed E-state index contributed by atoms with van der Waals surface area (Å²) in [5.74, 6) is -0.0748. The van der Waals surface area contributed by atoms with E-state index in [2.05, 4.69) is 9.88 Å². The van der Waals surface area contributed by atoms with Crippen LogP contribution in [-0.4, -0.2) is 18.9 Å². The second-order valence-corrected chi connectivity index (χ2v) is 7.16. The number of nitrogens with one attached hydrogen (secondary N) is 1. The number of hydrogen-bond acceptors (Lipinski definition) is 3. The molecule has 1 amide bonds. The Balaban J connectivity index is 1.95. The van der Waals surface area contributed by atoms with Gasteiger partial charge in [-0.2, -0.15) is 0 Å². The molecule has 0 aliphatic carbocycles. The van der Waals surface area contributed by atoms with Crippen molar-refractivity contribution in [1.29, 1.82) is 0 Å². The molecule has 1 aromatic carbocycles. The number of hydrogen-bond donors (Lipinski definition) is 2. The van der Waals surface area contributed by atoms with Crippen molar-refractivity contribution in [3.8, 4) is 0 Å². The zero-order valence-electron chi connectivity index (χ0n) is 13.5. The van der Waals surface area contributed by atoms with Crippen molar-refractivity contribution in [1.82, 2.24) is 9.88 Å². The average Bonchev–Trinajstić information content (AvgIpc) is 2.72. The molecule has 1 heterocycles. The van der Waals surface area contributed by atoms with Crippen LogP contribution in [0.25, 0.3) is 0 Å². The Kier molecular flexibility index (Phi) is 4.91. The smallest absolute Gasteiger partial charge is 0.238 e. The third-order valence-electron chi connectivity index (χ3n) is 3.97. The maximum atomic E-state index is 12.0. The Bertz CT molecular complexity index is 821. The Morgan fingerprint density at radius 2 is 1.83 bits per heavy atom. The van der Waals surface area contributed by atoms with Crippen LogP contribution in [0.15, 0.2) is 35.2 Å². The minimum absolute atomic E-state index is 0.0583. The molecule has 124 valence electrons. The quantitative estimate of drug-likeness (QED) is 0.858. The number of primary sulfonamides is 1. The van der Waals surface area contributed by atoms with Gasteiger partial charge in [0.05, 0.1) is 11.3 Å². The number of rotatable bonds is 5. The van der Waals surface area contributed by atoms with Gasteiger partial charge in [0, 0.05) is 25.0 Å². The Hall–Kier alpha value is -2.12. The van der Waals surface area contributed by atoms with Crippen molar-refractivity contribution in [2.45, 2.75) is 31.7 Å². The van der Waals surface area contributed by atoms with E-state index in [-0.39, 0.29) is 10.8 Å². The van der Waals surface area contributed by atoms with E-state index < -0.39 is 10.0 Å². The van der Waals surface area contributed by atoms with Crippen LogP contribution >= 0.6 is 0 Å². The lowest BCUT2D eigenvalue weighted by molar-refractivity contribution is -0.120. The van der Waals surface area contributed by atoms with Crippen LogP contribution in [0.1, 0.15) is 22.5 Å². The summed E-state index contributed by atoms with van der Waals surface area (Å²) in [4.78, 5) is 12.1. The topological polar surface area (TPSA) is 94.2 Å². The Morgan fingerprint density at radius 3 is 2.30 bits per heavy atom. The number of aryl methyl sites for hydroxylation is 1. The number of aromatic nitrogens is 1. The molecule has 1 aromatic heterocycles. The summed E-state index contributed by atoms with van der Waals surface area (Å²) in [6, 6.07) is 8.15. The highest BCUT2D eigenvalue weighted by Crippen LogP contribution is 2.14. The number of carbonyl (C=O) groups is 1. The van der Waals surface area contributed by atoms with Gasteiger partial charge in [-0.15, -0.1) is 0 Å². The summed E-state index contributed by atoms with van der Waals surface area (Å²) in [6.45, 7) is 4.33. The Labute approximate surface area is 136 Å². The van der Waals surface area contributed by atoms with Gasteiger partial charge in [-0.05, 0) is 43.2 Å². The molecule has 0 atom stereocenters. The molecule has 0 aliphatic heterocycles. The van der Waals surface area contributed by atoms with Gasteiger partial charge in [-0.25, -0.2) is 13.6 Å². The van der Waals surface area contributed by atoms with Crippen molar-refractivity contribution >= 4 is 15.9 Å². The van der Waals surface area contributed by atoms with Gasteiger partial charge in [0.15, 0.2) is 0 Å². The summed E-state index contributed by atoms with van der Waals surface area (Å²) in [5, 5.41) is 7.88. The summed E-state index contributed by atoms with van der Waals surface area (Å²) in [6.07, 6.45) is 0.322. The third kappa shape index (κ3) is 4.20. The van der Waals surface area contributed by atoms with Crippen LogP contribution in [0.3, 0.4) is 0 Å². The van der Waals surface area contributed by atoms with E-state index in [1.807, 2.05) is 27.0 Å². The number of amides is 1. The SMILES string of the molecule is Cc1cc(CC(=O)NCc2ccc(S(N)(=O)=O)cc2)c(C)n1C. The van der Waals surface area contributed by atoms with E-state index >= 15 is 0 Å². The molecule has 0 aliphatic rings. The van der Waals surface area contributed by atoms with E-state index in [1.54, 1.807) is 12.1 Å². The summed E-state index contributed by atoms with van der Waals surface area (Å²) < 4.78 is 24.4. The zero-order valence-corrected chi connectivity index (χ0v) is 14.3. The fourth-order valence-electron chi connectivity index (χ4n) is 2.35. The zero-order chi connectivity index (χ0) is 17.2. The van der Waals surface area contributed by atoms with Crippen LogP contribution in [-0.2, 0) is 34.8 Å². The highest BCUT2D eigenvalue weighted by Gasteiger charge is 2.11. The molecule has 0 spiro atoms. The molecular formula is C16H21N3O3S. The lowest BCUT2D eigenvalue weighted by Crippen LogP contribution is -2.24. The van der Waals surface area contributed by atoms with Crippen molar-refractivity contribution in [3.05, 3.63) is 52.8 Å². The van der Waals surface area contributed by atoms with Gasteiger partial charge in [0.2, 0.25) is 15.9 Å². The number of nitrogens with zero attached hydrogens (tertiary/aromatic N) is 1. The monoisotopic (exact) mass is 335 g/mol. The van der Waals surface area contributed by atoms with Crippen molar-refractivity contribution in [2.75, 3.05) is 0 Å². The van der Waals surface area contributed by atoms with Crippen LogP contribution in [0, 0.1) is 13.8 Å². The van der Waals surface area contributed by atoms with Crippen molar-refractivity contribution in [3.63, 3.8) is 0 Å². The van der Waals surface area contributed by atoms with Gasteiger partial charge in [0.1, 0.15) is 0 Å². The summed E-state index contributed by atoms with van der Waals surface area (Å²) >= 11 is 0. The summed E-state index contributed by atoms with van der Waals surface area (Å²) in [7, 11) is -1.72. The molecule has 2 aromatic rings. The minimum Gasteiger partial charge on any atom is -0.352 e. The first kappa shape index (κ1) is 17.2. The van der Waals surface area contributed by atoms with E-state index in [1.165, 1.54) is 12.1 Å². The molecular weight excluding hydrogens is 314 g/mol. The fraction of sp³-hybridized carbons (Fsp3) is 0.312. The largest absolute Gasteiger partial charge is 0.352 e. The third-order valence-corrected chi connectivity index (χ3v) is 4.90. The second kappa shape index (κ2) is 6.55. The van der Waals surface area contributed by atoms with Gasteiger partial charge < -0.3 is 9.88 Å². The van der Waals surface area contributed by atoms with E-state index in [4.69, 9.17) is 5.14 Å². The normalized spacial score (nSPS) is 11.5. The molecule has 0 saturated carbocycles. The van der Waals surface area contributed by atoms with E-state index in [9.17, 15) is 13.2 Å². The van der Waals surface area contributed by atoms with Crippen LogP contribution in [0.4, 0.5) is 0 Å². The number of carbonyl (C=O) groups excluding carboxylic acids is 1. The van der Waals surface area contributed by atoms with Gasteiger partial charge in [-0.3, -0.25) is 4.79 Å². The van der Waals surface area contributed by atoms with Crippen LogP contribution in [0.2, 0.25) is 0 Å². The van der Waals surface area contributed by atoms with Gasteiger partial charge >= 0.3 is 0 Å². The number of sulfonamides is 1. The highest BCUT2D eigenvalue weighted by atomic mass is 32.2. The molecule has 0 unspecified atom stereocenters. The highest BCUT2D eigenvalue weighted by molar-refractivity contribution is 7.89. The fourth-order valence-corrected chi connectivity index (χ4v) is 2.86. The van der Waals surface area contributed by atoms with E-state index in [0.717, 1.165) is 22.5 Å². The van der Waals surface area contributed by atoms with E-state index in [0.29, 0.717) is 13.0 Å². The molecule has 6 nitrogen and oxygen atoms in total. The molecule has 2 rings (SSSR count).